The molecule has 0 aliphatic rings. The summed E-state index contributed by atoms with van der Waals surface area (Å²) in [5.41, 5.74) is 2.43. The molecule has 2 aromatic rings. The molecule has 0 amide bonds. The molecule has 0 saturated carbocycles. The SMILES string of the molecule is C=CSC(=C)c1ccc(-c2ccc(C)s2)cc1. The van der Waals surface area contributed by atoms with Crippen molar-refractivity contribution >= 4 is 28.0 Å². The molecule has 2 heteroatoms. The van der Waals surface area contributed by atoms with E-state index in [-0.39, 0.29) is 0 Å². The number of thioether (sulfide) groups is 1. The minimum absolute atomic E-state index is 1.04. The fourth-order valence-corrected chi connectivity index (χ4v) is 2.93. The van der Waals surface area contributed by atoms with Gasteiger partial charge in [-0.25, -0.2) is 0 Å². The molecule has 0 atom stereocenters. The summed E-state index contributed by atoms with van der Waals surface area (Å²) in [7, 11) is 0. The van der Waals surface area contributed by atoms with Crippen LogP contribution in [-0.2, 0) is 0 Å². The van der Waals surface area contributed by atoms with Gasteiger partial charge >= 0.3 is 0 Å². The number of benzene rings is 1. The first-order valence-corrected chi connectivity index (χ1v) is 7.04. The van der Waals surface area contributed by atoms with E-state index in [0.29, 0.717) is 0 Å². The normalized spacial score (nSPS) is 10.2. The van der Waals surface area contributed by atoms with E-state index in [9.17, 15) is 0 Å². The highest BCUT2D eigenvalue weighted by molar-refractivity contribution is 8.10. The number of aryl methyl sites for hydroxylation is 1. The second-order valence-electron chi connectivity index (χ2n) is 3.70. The lowest BCUT2D eigenvalue weighted by Gasteiger charge is -2.03. The van der Waals surface area contributed by atoms with Crippen LogP contribution in [-0.4, -0.2) is 0 Å². The molecule has 17 heavy (non-hydrogen) atoms. The standard InChI is InChI=1S/C15H14S2/c1-4-16-12(3)13-6-8-14(9-7-13)15-10-5-11(2)17-15/h4-10H,1,3H2,2H3. The summed E-state index contributed by atoms with van der Waals surface area (Å²) in [6, 6.07) is 12.8. The van der Waals surface area contributed by atoms with Gasteiger partial charge in [0.25, 0.3) is 0 Å². The molecule has 1 aromatic carbocycles. The lowest BCUT2D eigenvalue weighted by molar-refractivity contribution is 1.63. The van der Waals surface area contributed by atoms with Gasteiger partial charge in [0.2, 0.25) is 0 Å². The van der Waals surface area contributed by atoms with E-state index in [1.165, 1.54) is 15.3 Å². The van der Waals surface area contributed by atoms with Crippen LogP contribution in [0.2, 0.25) is 0 Å². The van der Waals surface area contributed by atoms with Crippen LogP contribution in [0.4, 0.5) is 0 Å². The van der Waals surface area contributed by atoms with Gasteiger partial charge in [-0.05, 0) is 35.6 Å². The molecule has 2 rings (SSSR count). The van der Waals surface area contributed by atoms with Crippen molar-refractivity contribution in [2.24, 2.45) is 0 Å². The first-order chi connectivity index (χ1) is 8.20. The Balaban J connectivity index is 2.24. The van der Waals surface area contributed by atoms with Crippen LogP contribution in [0, 0.1) is 6.92 Å². The number of hydrogen-bond donors (Lipinski definition) is 0. The Labute approximate surface area is 111 Å². The highest BCUT2D eigenvalue weighted by Crippen LogP contribution is 2.31. The predicted molar refractivity (Wildman–Crippen MR) is 81.3 cm³/mol. The van der Waals surface area contributed by atoms with E-state index in [0.717, 1.165) is 10.5 Å². The van der Waals surface area contributed by atoms with Gasteiger partial charge in [0.15, 0.2) is 0 Å². The van der Waals surface area contributed by atoms with Crippen molar-refractivity contribution in [2.75, 3.05) is 0 Å². The maximum absolute atomic E-state index is 4.02. The van der Waals surface area contributed by atoms with Crippen molar-refractivity contribution in [1.29, 1.82) is 0 Å². The Kier molecular flexibility index (Phi) is 3.87. The predicted octanol–water partition coefficient (Wildman–Crippen LogP) is 5.57. The van der Waals surface area contributed by atoms with Gasteiger partial charge in [-0.3, -0.25) is 0 Å². The lowest BCUT2D eigenvalue weighted by atomic mass is 10.1. The zero-order valence-electron chi connectivity index (χ0n) is 9.77. The molecule has 0 fully saturated rings. The summed E-state index contributed by atoms with van der Waals surface area (Å²) >= 11 is 3.38. The van der Waals surface area contributed by atoms with Crippen LogP contribution in [0.15, 0.2) is 55.0 Å². The average Bonchev–Trinajstić information content (AvgIpc) is 2.76. The number of rotatable bonds is 4. The summed E-state index contributed by atoms with van der Waals surface area (Å²) < 4.78 is 0. The van der Waals surface area contributed by atoms with Gasteiger partial charge in [0, 0.05) is 14.7 Å². The molecule has 0 aliphatic heterocycles. The van der Waals surface area contributed by atoms with Crippen molar-refractivity contribution in [1.82, 2.24) is 0 Å². The van der Waals surface area contributed by atoms with E-state index in [1.54, 1.807) is 17.2 Å². The maximum atomic E-state index is 4.02. The summed E-state index contributed by atoms with van der Waals surface area (Å²) in [6.07, 6.45) is 0. The van der Waals surface area contributed by atoms with E-state index < -0.39 is 0 Å². The van der Waals surface area contributed by atoms with Crippen molar-refractivity contribution in [3.8, 4) is 10.4 Å². The first-order valence-electron chi connectivity index (χ1n) is 5.34. The van der Waals surface area contributed by atoms with Crippen molar-refractivity contribution in [2.45, 2.75) is 6.92 Å². The van der Waals surface area contributed by atoms with E-state index in [2.05, 4.69) is 56.5 Å². The van der Waals surface area contributed by atoms with E-state index in [4.69, 9.17) is 0 Å². The lowest BCUT2D eigenvalue weighted by Crippen LogP contribution is -1.78. The fourth-order valence-electron chi connectivity index (χ4n) is 1.58. The van der Waals surface area contributed by atoms with Crippen LogP contribution < -0.4 is 0 Å². The quantitative estimate of drug-likeness (QED) is 0.690. The third kappa shape index (κ3) is 2.90. The van der Waals surface area contributed by atoms with Crippen LogP contribution in [0.1, 0.15) is 10.4 Å². The summed E-state index contributed by atoms with van der Waals surface area (Å²) in [6.45, 7) is 9.84. The molecule has 1 heterocycles. The van der Waals surface area contributed by atoms with Crippen LogP contribution >= 0.6 is 23.1 Å². The number of hydrogen-bond acceptors (Lipinski definition) is 2. The summed E-state index contributed by atoms with van der Waals surface area (Å²) in [4.78, 5) is 3.70. The largest absolute Gasteiger partial charge is 0.141 e. The molecule has 0 aliphatic carbocycles. The molecule has 0 unspecified atom stereocenters. The Morgan fingerprint density at radius 1 is 1.18 bits per heavy atom. The fraction of sp³-hybridized carbons (Fsp3) is 0.0667. The topological polar surface area (TPSA) is 0 Å². The third-order valence-corrected chi connectivity index (χ3v) is 4.19. The van der Waals surface area contributed by atoms with E-state index in [1.807, 2.05) is 11.3 Å². The van der Waals surface area contributed by atoms with Gasteiger partial charge in [0.1, 0.15) is 0 Å². The minimum Gasteiger partial charge on any atom is -0.141 e. The highest BCUT2D eigenvalue weighted by atomic mass is 32.2. The Morgan fingerprint density at radius 2 is 1.88 bits per heavy atom. The van der Waals surface area contributed by atoms with Gasteiger partial charge < -0.3 is 0 Å². The monoisotopic (exact) mass is 258 g/mol. The van der Waals surface area contributed by atoms with Crippen LogP contribution in [0.3, 0.4) is 0 Å². The average molecular weight is 258 g/mol. The first kappa shape index (κ1) is 12.2. The van der Waals surface area contributed by atoms with Gasteiger partial charge in [0.05, 0.1) is 0 Å². The summed E-state index contributed by atoms with van der Waals surface area (Å²) in [5.74, 6) is 0. The maximum Gasteiger partial charge on any atom is 0.0345 e. The number of thiophene rings is 1. The molecule has 0 spiro atoms. The third-order valence-electron chi connectivity index (χ3n) is 2.46. The van der Waals surface area contributed by atoms with Crippen molar-refractivity contribution < 1.29 is 0 Å². The molecular formula is C15H14S2. The molecule has 1 aromatic heterocycles. The molecule has 0 bridgehead atoms. The smallest absolute Gasteiger partial charge is 0.0345 e. The van der Waals surface area contributed by atoms with Gasteiger partial charge in [-0.2, -0.15) is 0 Å². The second kappa shape index (κ2) is 5.39. The van der Waals surface area contributed by atoms with Gasteiger partial charge in [-0.15, -0.1) is 11.3 Å². The van der Waals surface area contributed by atoms with Crippen molar-refractivity contribution in [3.05, 3.63) is 65.4 Å². The molecule has 86 valence electrons. The van der Waals surface area contributed by atoms with E-state index >= 15 is 0 Å². The van der Waals surface area contributed by atoms with Crippen LogP contribution in [0.25, 0.3) is 15.3 Å². The Morgan fingerprint density at radius 3 is 2.41 bits per heavy atom. The molecule has 0 saturated heterocycles. The van der Waals surface area contributed by atoms with Crippen molar-refractivity contribution in [3.63, 3.8) is 0 Å². The molecule has 0 N–H and O–H groups in total. The highest BCUT2D eigenvalue weighted by Gasteiger charge is 2.02. The Hall–Kier alpha value is -1.25. The molecular weight excluding hydrogens is 244 g/mol. The zero-order valence-corrected chi connectivity index (χ0v) is 11.4. The Bertz CT molecular complexity index is 532. The van der Waals surface area contributed by atoms with Gasteiger partial charge in [-0.1, -0.05) is 49.2 Å². The zero-order chi connectivity index (χ0) is 12.3. The summed E-state index contributed by atoms with van der Waals surface area (Å²) in [5, 5.41) is 1.80. The second-order valence-corrected chi connectivity index (χ2v) is 6.05. The molecule has 0 radical (unpaired) electrons. The minimum atomic E-state index is 1.04. The van der Waals surface area contributed by atoms with Crippen LogP contribution in [0.5, 0.6) is 0 Å². The molecule has 0 nitrogen and oxygen atoms in total.